The lowest BCUT2D eigenvalue weighted by Crippen LogP contribution is -2.40. The smallest absolute Gasteiger partial charge is 0.00697 e. The number of hydrogen-bond donors (Lipinski definition) is 1. The van der Waals surface area contributed by atoms with Gasteiger partial charge in [-0.2, -0.15) is 0 Å². The zero-order valence-corrected chi connectivity index (χ0v) is 12.3. The molecule has 102 valence electrons. The van der Waals surface area contributed by atoms with Crippen LogP contribution in [-0.4, -0.2) is 37.6 Å². The Bertz CT molecular complexity index is 183. The molecule has 2 heteroatoms. The summed E-state index contributed by atoms with van der Waals surface area (Å²) in [6.07, 6.45) is 9.78. The predicted molar refractivity (Wildman–Crippen MR) is 76.4 cm³/mol. The molecule has 1 aliphatic rings. The molecule has 1 fully saturated rings. The van der Waals surface area contributed by atoms with Crippen LogP contribution in [0.3, 0.4) is 0 Å². The molecule has 0 amide bonds. The minimum atomic E-state index is 0.671. The summed E-state index contributed by atoms with van der Waals surface area (Å²) in [7, 11) is 4.31. The topological polar surface area (TPSA) is 15.3 Å². The van der Waals surface area contributed by atoms with E-state index in [0.29, 0.717) is 6.04 Å². The molecule has 0 heterocycles. The lowest BCUT2D eigenvalue weighted by molar-refractivity contribution is 0.256. The Hall–Kier alpha value is -0.0800. The van der Waals surface area contributed by atoms with E-state index < -0.39 is 0 Å². The van der Waals surface area contributed by atoms with E-state index in [1.807, 2.05) is 0 Å². The van der Waals surface area contributed by atoms with Crippen molar-refractivity contribution in [3.63, 3.8) is 0 Å². The number of hydrogen-bond acceptors (Lipinski definition) is 2. The maximum atomic E-state index is 3.81. The molecule has 1 unspecified atom stereocenters. The average molecular weight is 240 g/mol. The maximum Gasteiger partial charge on any atom is 0.00697 e. The molecule has 0 spiro atoms. The minimum Gasteiger partial charge on any atom is -0.311 e. The highest BCUT2D eigenvalue weighted by atomic mass is 15.1. The van der Waals surface area contributed by atoms with E-state index in [1.54, 1.807) is 0 Å². The molecule has 0 aromatic rings. The van der Waals surface area contributed by atoms with E-state index in [4.69, 9.17) is 0 Å². The van der Waals surface area contributed by atoms with Crippen LogP contribution < -0.4 is 5.32 Å². The van der Waals surface area contributed by atoms with Gasteiger partial charge < -0.3 is 10.2 Å². The van der Waals surface area contributed by atoms with Crippen molar-refractivity contribution in [2.75, 3.05) is 20.6 Å². The maximum absolute atomic E-state index is 3.81. The zero-order chi connectivity index (χ0) is 12.7. The summed E-state index contributed by atoms with van der Waals surface area (Å²) in [6, 6.07) is 1.46. The third kappa shape index (κ3) is 6.42. The molecule has 1 aliphatic carbocycles. The summed E-state index contributed by atoms with van der Waals surface area (Å²) >= 11 is 0. The summed E-state index contributed by atoms with van der Waals surface area (Å²) in [6.45, 7) is 5.84. The van der Waals surface area contributed by atoms with Crippen LogP contribution in [0.5, 0.6) is 0 Å². The Labute approximate surface area is 108 Å². The minimum absolute atomic E-state index is 0.671. The second kappa shape index (κ2) is 8.10. The zero-order valence-electron chi connectivity index (χ0n) is 12.3. The molecule has 1 rings (SSSR count). The van der Waals surface area contributed by atoms with Gasteiger partial charge in [-0.1, -0.05) is 19.8 Å². The summed E-state index contributed by atoms with van der Waals surface area (Å²) in [5, 5.41) is 3.81. The van der Waals surface area contributed by atoms with Gasteiger partial charge in [0.15, 0.2) is 0 Å². The van der Waals surface area contributed by atoms with Crippen LogP contribution >= 0.6 is 0 Å². The summed E-state index contributed by atoms with van der Waals surface area (Å²) in [5.41, 5.74) is 0. The fourth-order valence-electron chi connectivity index (χ4n) is 2.96. The van der Waals surface area contributed by atoms with Gasteiger partial charge in [-0.3, -0.25) is 0 Å². The van der Waals surface area contributed by atoms with Crippen LogP contribution in [0.25, 0.3) is 0 Å². The third-order valence-electron chi connectivity index (χ3n) is 4.07. The van der Waals surface area contributed by atoms with Gasteiger partial charge in [-0.25, -0.2) is 0 Å². The third-order valence-corrected chi connectivity index (χ3v) is 4.07. The van der Waals surface area contributed by atoms with Crippen LogP contribution in [0.2, 0.25) is 0 Å². The molecule has 0 aliphatic heterocycles. The summed E-state index contributed by atoms with van der Waals surface area (Å²) < 4.78 is 0. The van der Waals surface area contributed by atoms with Crippen molar-refractivity contribution in [3.8, 4) is 0 Å². The molecular weight excluding hydrogens is 208 g/mol. The van der Waals surface area contributed by atoms with Gasteiger partial charge in [0.25, 0.3) is 0 Å². The molecule has 0 radical (unpaired) electrons. The predicted octanol–water partition coefficient (Wildman–Crippen LogP) is 3.28. The largest absolute Gasteiger partial charge is 0.311 e. The van der Waals surface area contributed by atoms with Gasteiger partial charge in [0.1, 0.15) is 0 Å². The average Bonchev–Trinajstić information content (AvgIpc) is 2.29. The fourth-order valence-corrected chi connectivity index (χ4v) is 2.96. The van der Waals surface area contributed by atoms with E-state index >= 15 is 0 Å². The highest BCUT2D eigenvalue weighted by molar-refractivity contribution is 4.79. The Morgan fingerprint density at radius 1 is 1.18 bits per heavy atom. The van der Waals surface area contributed by atoms with E-state index in [0.717, 1.165) is 12.0 Å². The monoisotopic (exact) mass is 240 g/mol. The van der Waals surface area contributed by atoms with Gasteiger partial charge >= 0.3 is 0 Å². The second-order valence-electron chi connectivity index (χ2n) is 6.17. The van der Waals surface area contributed by atoms with E-state index in [-0.39, 0.29) is 0 Å². The lowest BCUT2D eigenvalue weighted by atomic mass is 9.83. The Morgan fingerprint density at radius 2 is 1.82 bits per heavy atom. The number of rotatable bonds is 7. The van der Waals surface area contributed by atoms with Gasteiger partial charge in [-0.15, -0.1) is 0 Å². The van der Waals surface area contributed by atoms with Gasteiger partial charge in [0, 0.05) is 12.1 Å². The summed E-state index contributed by atoms with van der Waals surface area (Å²) in [5.74, 6) is 1.02. The molecule has 1 atom stereocenters. The van der Waals surface area contributed by atoms with Crippen LogP contribution in [0.15, 0.2) is 0 Å². The van der Waals surface area contributed by atoms with Crippen LogP contribution in [0, 0.1) is 5.92 Å². The first-order valence-corrected chi connectivity index (χ1v) is 7.52. The van der Waals surface area contributed by atoms with Crippen molar-refractivity contribution in [2.45, 2.75) is 70.9 Å². The molecule has 1 saturated carbocycles. The SMILES string of the molecule is CCCC1CCC(NC(C)CCN(C)C)CC1. The fraction of sp³-hybridized carbons (Fsp3) is 1.00. The van der Waals surface area contributed by atoms with Crippen molar-refractivity contribution in [1.82, 2.24) is 10.2 Å². The molecule has 0 bridgehead atoms. The Balaban J connectivity index is 2.12. The first-order valence-electron chi connectivity index (χ1n) is 7.52. The number of nitrogens with one attached hydrogen (secondary N) is 1. The quantitative estimate of drug-likeness (QED) is 0.735. The normalized spacial score (nSPS) is 27.4. The van der Waals surface area contributed by atoms with E-state index in [9.17, 15) is 0 Å². The Kier molecular flexibility index (Phi) is 7.14. The van der Waals surface area contributed by atoms with Gasteiger partial charge in [0.2, 0.25) is 0 Å². The molecule has 2 nitrogen and oxygen atoms in total. The van der Waals surface area contributed by atoms with Crippen molar-refractivity contribution in [3.05, 3.63) is 0 Å². The first-order chi connectivity index (χ1) is 8.11. The molecule has 0 aromatic heterocycles. The molecular formula is C15H32N2. The van der Waals surface area contributed by atoms with Crippen molar-refractivity contribution < 1.29 is 0 Å². The molecule has 17 heavy (non-hydrogen) atoms. The first kappa shape index (κ1) is 15.0. The van der Waals surface area contributed by atoms with Crippen LogP contribution in [-0.2, 0) is 0 Å². The van der Waals surface area contributed by atoms with Crippen molar-refractivity contribution >= 4 is 0 Å². The molecule has 0 aromatic carbocycles. The van der Waals surface area contributed by atoms with Gasteiger partial charge in [0.05, 0.1) is 0 Å². The van der Waals surface area contributed by atoms with Crippen LogP contribution in [0.1, 0.15) is 58.8 Å². The van der Waals surface area contributed by atoms with Crippen molar-refractivity contribution in [1.29, 1.82) is 0 Å². The number of nitrogens with zero attached hydrogens (tertiary/aromatic N) is 1. The van der Waals surface area contributed by atoms with E-state index in [1.165, 1.54) is 51.5 Å². The van der Waals surface area contributed by atoms with Crippen LogP contribution in [0.4, 0.5) is 0 Å². The van der Waals surface area contributed by atoms with Crippen molar-refractivity contribution in [2.24, 2.45) is 5.92 Å². The molecule has 0 saturated heterocycles. The lowest BCUT2D eigenvalue weighted by Gasteiger charge is -2.31. The highest BCUT2D eigenvalue weighted by Crippen LogP contribution is 2.27. The second-order valence-corrected chi connectivity index (χ2v) is 6.17. The van der Waals surface area contributed by atoms with E-state index in [2.05, 4.69) is 38.2 Å². The molecule has 1 N–H and O–H groups in total. The van der Waals surface area contributed by atoms with Gasteiger partial charge in [-0.05, 0) is 65.6 Å². The highest BCUT2D eigenvalue weighted by Gasteiger charge is 2.21. The summed E-state index contributed by atoms with van der Waals surface area (Å²) in [4.78, 5) is 2.27. The standard InChI is InChI=1S/C15H32N2/c1-5-6-14-7-9-15(10-8-14)16-13(2)11-12-17(3)4/h13-16H,5-12H2,1-4H3. The Morgan fingerprint density at radius 3 is 2.35 bits per heavy atom.